The molecule has 1 amide bonds. The molecule has 6 nitrogen and oxygen atoms in total. The smallest absolute Gasteiger partial charge is 0.326 e. The molecule has 0 aliphatic carbocycles. The number of carbonyl (C=O) groups is 2. The lowest BCUT2D eigenvalue weighted by Gasteiger charge is -2.16. The highest BCUT2D eigenvalue weighted by atomic mass is 16.4. The molecule has 2 rings (SSSR count). The fourth-order valence-corrected chi connectivity index (χ4v) is 2.70. The van der Waals surface area contributed by atoms with Crippen molar-refractivity contribution in [1.82, 2.24) is 15.1 Å². The van der Waals surface area contributed by atoms with Crippen LogP contribution < -0.4 is 5.32 Å². The van der Waals surface area contributed by atoms with Gasteiger partial charge in [-0.25, -0.2) is 4.79 Å². The van der Waals surface area contributed by atoms with Crippen molar-refractivity contribution in [2.45, 2.75) is 46.7 Å². The van der Waals surface area contributed by atoms with Crippen molar-refractivity contribution in [3.8, 4) is 0 Å². The maximum Gasteiger partial charge on any atom is 0.326 e. The van der Waals surface area contributed by atoms with Crippen molar-refractivity contribution in [1.29, 1.82) is 0 Å². The Hall–Kier alpha value is -2.63. The van der Waals surface area contributed by atoms with E-state index in [0.717, 1.165) is 17.0 Å². The van der Waals surface area contributed by atoms with Crippen molar-refractivity contribution >= 4 is 11.9 Å². The molecule has 1 aromatic carbocycles. The molecule has 134 valence electrons. The number of amides is 1. The van der Waals surface area contributed by atoms with Crippen LogP contribution in [0.25, 0.3) is 0 Å². The number of aromatic nitrogens is 2. The van der Waals surface area contributed by atoms with Gasteiger partial charge in [-0.3, -0.25) is 9.48 Å². The first-order valence-electron chi connectivity index (χ1n) is 8.40. The monoisotopic (exact) mass is 343 g/mol. The predicted molar refractivity (Wildman–Crippen MR) is 95.6 cm³/mol. The number of aryl methyl sites for hydroxylation is 2. The molecular formula is C19H25N3O3. The number of aliphatic carboxylic acids is 1. The van der Waals surface area contributed by atoms with Crippen LogP contribution >= 0.6 is 0 Å². The molecule has 0 fully saturated rings. The number of nitrogens with one attached hydrogen (secondary N) is 1. The number of hydrogen-bond donors (Lipinski definition) is 2. The third-order valence-electron chi connectivity index (χ3n) is 3.96. The Labute approximate surface area is 147 Å². The first-order chi connectivity index (χ1) is 11.8. The van der Waals surface area contributed by atoms with Crippen molar-refractivity contribution in [2.75, 3.05) is 0 Å². The van der Waals surface area contributed by atoms with Crippen molar-refractivity contribution in [3.05, 3.63) is 52.8 Å². The number of nitrogens with zero attached hydrogens (tertiary/aromatic N) is 2. The average Bonchev–Trinajstić information content (AvgIpc) is 2.84. The maximum absolute atomic E-state index is 12.3. The number of carboxylic acid groups (broad SMARTS) is 1. The lowest BCUT2D eigenvalue weighted by Crippen LogP contribution is -2.41. The van der Waals surface area contributed by atoms with Crippen molar-refractivity contribution in [3.63, 3.8) is 0 Å². The van der Waals surface area contributed by atoms with E-state index in [0.29, 0.717) is 18.5 Å². The topological polar surface area (TPSA) is 84.2 Å². The number of rotatable bonds is 7. The standard InChI is InChI=1S/C19H25N3O3/c1-12(2)9-17(19(24)25)20-18(23)16-7-5-15(6-8-16)11-22-14(4)10-13(3)21-22/h5-8,10,12,17H,9,11H2,1-4H3,(H,20,23)(H,24,25). The minimum atomic E-state index is -1.01. The normalized spacial score (nSPS) is 12.2. The summed E-state index contributed by atoms with van der Waals surface area (Å²) in [6, 6.07) is 8.30. The summed E-state index contributed by atoms with van der Waals surface area (Å²) in [5.74, 6) is -1.20. The van der Waals surface area contributed by atoms with E-state index in [1.165, 1.54) is 0 Å². The number of benzene rings is 1. The molecule has 2 aromatic rings. The van der Waals surface area contributed by atoms with E-state index in [9.17, 15) is 14.7 Å². The van der Waals surface area contributed by atoms with Crippen molar-refractivity contribution < 1.29 is 14.7 Å². The van der Waals surface area contributed by atoms with Gasteiger partial charge in [0.1, 0.15) is 6.04 Å². The van der Waals surface area contributed by atoms with E-state index < -0.39 is 12.0 Å². The van der Waals surface area contributed by atoms with Gasteiger partial charge in [-0.1, -0.05) is 26.0 Å². The number of hydrogen-bond acceptors (Lipinski definition) is 3. The molecule has 1 aromatic heterocycles. The molecule has 6 heteroatoms. The minimum Gasteiger partial charge on any atom is -0.480 e. The largest absolute Gasteiger partial charge is 0.480 e. The van der Waals surface area contributed by atoms with E-state index in [4.69, 9.17) is 0 Å². The fourth-order valence-electron chi connectivity index (χ4n) is 2.70. The van der Waals surface area contributed by atoms with Crippen LogP contribution in [0, 0.1) is 19.8 Å². The van der Waals surface area contributed by atoms with E-state index in [1.54, 1.807) is 12.1 Å². The van der Waals surface area contributed by atoms with Crippen LogP contribution in [-0.4, -0.2) is 32.8 Å². The molecule has 0 bridgehead atoms. The third-order valence-corrected chi connectivity index (χ3v) is 3.96. The summed E-state index contributed by atoms with van der Waals surface area (Å²) < 4.78 is 1.91. The zero-order valence-electron chi connectivity index (χ0n) is 15.1. The van der Waals surface area contributed by atoms with Gasteiger partial charge in [0.15, 0.2) is 0 Å². The Morgan fingerprint density at radius 1 is 1.20 bits per heavy atom. The van der Waals surface area contributed by atoms with E-state index in [2.05, 4.69) is 10.4 Å². The first-order valence-corrected chi connectivity index (χ1v) is 8.40. The Morgan fingerprint density at radius 3 is 2.32 bits per heavy atom. The molecule has 25 heavy (non-hydrogen) atoms. The summed E-state index contributed by atoms with van der Waals surface area (Å²) in [7, 11) is 0. The van der Waals surface area contributed by atoms with Gasteiger partial charge in [0.05, 0.1) is 12.2 Å². The molecule has 0 spiro atoms. The highest BCUT2D eigenvalue weighted by molar-refractivity contribution is 5.96. The van der Waals surface area contributed by atoms with Gasteiger partial charge >= 0.3 is 5.97 Å². The van der Waals surface area contributed by atoms with Gasteiger partial charge in [0.2, 0.25) is 0 Å². The highest BCUT2D eigenvalue weighted by Gasteiger charge is 2.21. The maximum atomic E-state index is 12.3. The summed E-state index contributed by atoms with van der Waals surface area (Å²) in [5, 5.41) is 16.2. The Morgan fingerprint density at radius 2 is 1.84 bits per heavy atom. The Bertz CT molecular complexity index is 748. The van der Waals surface area contributed by atoms with Crippen molar-refractivity contribution in [2.24, 2.45) is 5.92 Å². The SMILES string of the molecule is Cc1cc(C)n(Cc2ccc(C(=O)NC(CC(C)C)C(=O)O)cc2)n1. The zero-order valence-corrected chi connectivity index (χ0v) is 15.1. The van der Waals surface area contributed by atoms with Gasteiger partial charge in [0.25, 0.3) is 5.91 Å². The average molecular weight is 343 g/mol. The van der Waals surface area contributed by atoms with Crippen LogP contribution in [0.15, 0.2) is 30.3 Å². The Kier molecular flexibility index (Phi) is 5.96. The molecular weight excluding hydrogens is 318 g/mol. The predicted octanol–water partition coefficient (Wildman–Crippen LogP) is 2.78. The Balaban J connectivity index is 2.04. The van der Waals surface area contributed by atoms with Gasteiger partial charge < -0.3 is 10.4 Å². The first kappa shape index (κ1) is 18.7. The lowest BCUT2D eigenvalue weighted by atomic mass is 10.0. The van der Waals surface area contributed by atoms with Crippen LogP contribution in [0.3, 0.4) is 0 Å². The summed E-state index contributed by atoms with van der Waals surface area (Å²) in [5.41, 5.74) is 3.53. The number of carboxylic acids is 1. The quantitative estimate of drug-likeness (QED) is 0.809. The zero-order chi connectivity index (χ0) is 18.6. The molecule has 0 radical (unpaired) electrons. The summed E-state index contributed by atoms with van der Waals surface area (Å²) in [6.45, 7) is 8.44. The molecule has 0 saturated carbocycles. The van der Waals surface area contributed by atoms with Crippen LogP contribution in [0.2, 0.25) is 0 Å². The van der Waals surface area contributed by atoms with Crippen LogP contribution in [0.4, 0.5) is 0 Å². The molecule has 1 heterocycles. The van der Waals surface area contributed by atoms with Gasteiger partial charge in [-0.05, 0) is 49.9 Å². The lowest BCUT2D eigenvalue weighted by molar-refractivity contribution is -0.139. The minimum absolute atomic E-state index is 0.185. The summed E-state index contributed by atoms with van der Waals surface area (Å²) in [6.07, 6.45) is 0.400. The molecule has 0 aliphatic rings. The van der Waals surface area contributed by atoms with E-state index >= 15 is 0 Å². The summed E-state index contributed by atoms with van der Waals surface area (Å²) in [4.78, 5) is 23.5. The summed E-state index contributed by atoms with van der Waals surface area (Å²) >= 11 is 0. The fraction of sp³-hybridized carbons (Fsp3) is 0.421. The molecule has 1 unspecified atom stereocenters. The van der Waals surface area contributed by atoms with Gasteiger partial charge in [-0.2, -0.15) is 5.10 Å². The van der Waals surface area contributed by atoms with Gasteiger partial charge in [0, 0.05) is 11.3 Å². The third kappa shape index (κ3) is 5.17. The van der Waals surface area contributed by atoms with Crippen LogP contribution in [-0.2, 0) is 11.3 Å². The molecule has 2 N–H and O–H groups in total. The molecule has 1 atom stereocenters. The van der Waals surface area contributed by atoms with E-state index in [1.807, 2.05) is 50.6 Å². The highest BCUT2D eigenvalue weighted by Crippen LogP contribution is 2.11. The van der Waals surface area contributed by atoms with Crippen LogP contribution in [0.5, 0.6) is 0 Å². The molecule has 0 aliphatic heterocycles. The van der Waals surface area contributed by atoms with Crippen LogP contribution in [0.1, 0.15) is 47.6 Å². The number of carbonyl (C=O) groups excluding carboxylic acids is 1. The second-order valence-electron chi connectivity index (χ2n) is 6.78. The molecule has 0 saturated heterocycles. The van der Waals surface area contributed by atoms with Gasteiger partial charge in [-0.15, -0.1) is 0 Å². The van der Waals surface area contributed by atoms with E-state index in [-0.39, 0.29) is 11.8 Å². The second-order valence-corrected chi connectivity index (χ2v) is 6.78. The second kappa shape index (κ2) is 7.96.